The first-order valence-corrected chi connectivity index (χ1v) is 11.9. The first kappa shape index (κ1) is 21.2. The average molecular weight is 468 g/mol. The molecule has 4 atom stereocenters. The molecule has 0 amide bonds. The van der Waals surface area contributed by atoms with Gasteiger partial charge in [0.25, 0.3) is 0 Å². The molecule has 10 heteroatoms. The van der Waals surface area contributed by atoms with Gasteiger partial charge in [0.15, 0.2) is 23.6 Å². The molecule has 1 aromatic carbocycles. The number of nitrogens with zero attached hydrogens (tertiary/aromatic N) is 6. The van der Waals surface area contributed by atoms with Gasteiger partial charge in [-0.15, -0.1) is 5.10 Å². The van der Waals surface area contributed by atoms with Crippen LogP contribution in [0.25, 0.3) is 0 Å². The molecule has 34 heavy (non-hydrogen) atoms. The van der Waals surface area contributed by atoms with Crippen LogP contribution in [0.4, 0.5) is 20.5 Å². The highest BCUT2D eigenvalue weighted by Gasteiger charge is 2.43. The van der Waals surface area contributed by atoms with Gasteiger partial charge in [-0.25, -0.2) is 23.4 Å². The van der Waals surface area contributed by atoms with Gasteiger partial charge in [0.05, 0.1) is 0 Å². The SMILES string of the molecule is Cc1cc(N2C[C@H]3CC[C@@H](C2)C3Nc2nc3n(n2)CCC[C@@H]3Oc2ccc(F)c(F)c2)ncn1. The second kappa shape index (κ2) is 8.48. The molecule has 2 bridgehead atoms. The highest BCUT2D eigenvalue weighted by Crippen LogP contribution is 2.40. The molecule has 1 saturated heterocycles. The summed E-state index contributed by atoms with van der Waals surface area (Å²) in [7, 11) is 0. The number of fused-ring (bicyclic) bond motifs is 3. The van der Waals surface area contributed by atoms with Crippen LogP contribution < -0.4 is 15.0 Å². The number of piperidine rings is 1. The zero-order valence-corrected chi connectivity index (χ0v) is 19.0. The molecule has 178 valence electrons. The lowest BCUT2D eigenvalue weighted by Crippen LogP contribution is -2.48. The zero-order chi connectivity index (χ0) is 23.2. The van der Waals surface area contributed by atoms with Gasteiger partial charge in [0, 0.05) is 43.5 Å². The summed E-state index contributed by atoms with van der Waals surface area (Å²) >= 11 is 0. The Morgan fingerprint density at radius 1 is 1.03 bits per heavy atom. The fourth-order valence-corrected chi connectivity index (χ4v) is 5.61. The van der Waals surface area contributed by atoms with Gasteiger partial charge in [0.2, 0.25) is 5.95 Å². The topological polar surface area (TPSA) is 81.0 Å². The molecule has 8 nitrogen and oxygen atoms in total. The Morgan fingerprint density at radius 2 is 1.85 bits per heavy atom. The lowest BCUT2D eigenvalue weighted by atomic mass is 9.92. The van der Waals surface area contributed by atoms with E-state index >= 15 is 0 Å². The second-order valence-electron chi connectivity index (χ2n) is 9.53. The fraction of sp³-hybridized carbons (Fsp3) is 0.500. The van der Waals surface area contributed by atoms with Gasteiger partial charge in [-0.1, -0.05) is 0 Å². The second-order valence-corrected chi connectivity index (χ2v) is 9.53. The summed E-state index contributed by atoms with van der Waals surface area (Å²) in [6.07, 6.45) is 5.25. The number of hydrogen-bond donors (Lipinski definition) is 1. The average Bonchev–Trinajstić information content (AvgIpc) is 3.33. The van der Waals surface area contributed by atoms with Gasteiger partial charge in [-0.05, 0) is 56.6 Å². The quantitative estimate of drug-likeness (QED) is 0.610. The molecule has 0 radical (unpaired) electrons. The third kappa shape index (κ3) is 3.95. The van der Waals surface area contributed by atoms with Crippen LogP contribution in [0.1, 0.15) is 43.3 Å². The lowest BCUT2D eigenvalue weighted by Gasteiger charge is -2.38. The molecule has 4 heterocycles. The predicted molar refractivity (Wildman–Crippen MR) is 122 cm³/mol. The van der Waals surface area contributed by atoms with E-state index in [1.54, 1.807) is 6.33 Å². The molecule has 3 aliphatic rings. The van der Waals surface area contributed by atoms with E-state index in [0.29, 0.717) is 29.6 Å². The number of aryl methyl sites for hydroxylation is 2. The summed E-state index contributed by atoms with van der Waals surface area (Å²) in [6, 6.07) is 5.96. The number of anilines is 2. The van der Waals surface area contributed by atoms with E-state index in [2.05, 4.69) is 20.2 Å². The Morgan fingerprint density at radius 3 is 2.62 bits per heavy atom. The number of rotatable bonds is 5. The highest BCUT2D eigenvalue weighted by molar-refractivity contribution is 5.41. The van der Waals surface area contributed by atoms with Gasteiger partial charge >= 0.3 is 0 Å². The van der Waals surface area contributed by atoms with E-state index < -0.39 is 11.6 Å². The largest absolute Gasteiger partial charge is 0.482 e. The van der Waals surface area contributed by atoms with Gasteiger partial charge < -0.3 is 15.0 Å². The Hall–Kier alpha value is -3.30. The monoisotopic (exact) mass is 467 g/mol. The zero-order valence-electron chi connectivity index (χ0n) is 19.0. The van der Waals surface area contributed by atoms with Crippen molar-refractivity contribution in [3.8, 4) is 5.75 Å². The minimum atomic E-state index is -0.920. The summed E-state index contributed by atoms with van der Waals surface area (Å²) in [6.45, 7) is 4.64. The van der Waals surface area contributed by atoms with Crippen molar-refractivity contribution in [2.75, 3.05) is 23.3 Å². The summed E-state index contributed by atoms with van der Waals surface area (Å²) in [5, 5.41) is 8.32. The molecule has 2 fully saturated rings. The van der Waals surface area contributed by atoms with E-state index in [-0.39, 0.29) is 6.10 Å². The van der Waals surface area contributed by atoms with Crippen LogP contribution in [0.3, 0.4) is 0 Å². The van der Waals surface area contributed by atoms with Gasteiger partial charge in [-0.3, -0.25) is 0 Å². The van der Waals surface area contributed by atoms with Crippen molar-refractivity contribution in [2.24, 2.45) is 11.8 Å². The number of ether oxygens (including phenoxy) is 1. The molecule has 1 aliphatic carbocycles. The van der Waals surface area contributed by atoms with Crippen LogP contribution in [0.2, 0.25) is 0 Å². The fourth-order valence-electron chi connectivity index (χ4n) is 5.61. The van der Waals surface area contributed by atoms with Crippen molar-refractivity contribution in [1.82, 2.24) is 24.7 Å². The summed E-state index contributed by atoms with van der Waals surface area (Å²) in [5.74, 6) is 1.80. The van der Waals surface area contributed by atoms with Gasteiger partial charge in [0.1, 0.15) is 17.9 Å². The van der Waals surface area contributed by atoms with Crippen LogP contribution in [-0.2, 0) is 6.54 Å². The maximum atomic E-state index is 13.6. The number of hydrogen-bond acceptors (Lipinski definition) is 7. The van der Waals surface area contributed by atoms with E-state index in [9.17, 15) is 8.78 Å². The summed E-state index contributed by atoms with van der Waals surface area (Å²) in [4.78, 5) is 15.8. The minimum absolute atomic E-state index is 0.292. The number of halogens is 2. The first-order valence-electron chi connectivity index (χ1n) is 11.9. The standard InChI is InChI=1S/C24H27F2N7O/c1-14-9-21(28-13-27-14)32-11-15-4-5-16(12-32)22(15)29-24-30-23-20(3-2-8-33(23)31-24)34-17-6-7-18(25)19(26)10-17/h6-7,9-10,13,15-16,20,22H,2-5,8,11-12H2,1H3,(H,29,31)/t15-,16+,20-,22?/m0/s1. The van der Waals surface area contributed by atoms with Crippen molar-refractivity contribution in [1.29, 1.82) is 0 Å². The summed E-state index contributed by atoms with van der Waals surface area (Å²) in [5.41, 5.74) is 0.977. The Kier molecular flexibility index (Phi) is 5.30. The normalized spacial score (nSPS) is 25.8. The Balaban J connectivity index is 1.16. The molecule has 6 rings (SSSR count). The predicted octanol–water partition coefficient (Wildman–Crippen LogP) is 3.90. The molecular weight excluding hydrogens is 440 g/mol. The van der Waals surface area contributed by atoms with Gasteiger partial charge in [-0.2, -0.15) is 4.98 Å². The molecule has 2 aliphatic heterocycles. The number of aromatic nitrogens is 5. The van der Waals surface area contributed by atoms with Crippen molar-refractivity contribution in [3.63, 3.8) is 0 Å². The maximum absolute atomic E-state index is 13.6. The van der Waals surface area contributed by atoms with E-state index in [1.165, 1.54) is 18.9 Å². The highest BCUT2D eigenvalue weighted by atomic mass is 19.2. The Bertz CT molecular complexity index is 1190. The summed E-state index contributed by atoms with van der Waals surface area (Å²) < 4.78 is 34.7. The third-order valence-electron chi connectivity index (χ3n) is 7.24. The maximum Gasteiger partial charge on any atom is 0.242 e. The molecule has 1 N–H and O–H groups in total. The van der Waals surface area contributed by atoms with Crippen molar-refractivity contribution < 1.29 is 13.5 Å². The smallest absolute Gasteiger partial charge is 0.242 e. The van der Waals surface area contributed by atoms with Crippen molar-refractivity contribution in [2.45, 2.75) is 51.3 Å². The molecule has 2 aromatic heterocycles. The number of benzene rings is 1. The van der Waals surface area contributed by atoms with E-state index in [1.807, 2.05) is 17.7 Å². The molecule has 0 spiro atoms. The molecule has 3 aromatic rings. The lowest BCUT2D eigenvalue weighted by molar-refractivity contribution is 0.154. The molecular formula is C24H27F2N7O. The van der Waals surface area contributed by atoms with Crippen LogP contribution in [-0.4, -0.2) is 43.9 Å². The Labute approximate surface area is 196 Å². The first-order chi connectivity index (χ1) is 16.5. The van der Waals surface area contributed by atoms with Crippen LogP contribution in [0.5, 0.6) is 5.75 Å². The van der Waals surface area contributed by atoms with E-state index in [4.69, 9.17) is 14.8 Å². The van der Waals surface area contributed by atoms with Crippen molar-refractivity contribution >= 4 is 11.8 Å². The molecule has 1 saturated carbocycles. The minimum Gasteiger partial charge on any atom is -0.482 e. The van der Waals surface area contributed by atoms with Crippen molar-refractivity contribution in [3.05, 3.63) is 53.7 Å². The van der Waals surface area contributed by atoms with Crippen LogP contribution in [0, 0.1) is 30.4 Å². The number of nitrogens with one attached hydrogen (secondary N) is 1. The third-order valence-corrected chi connectivity index (χ3v) is 7.24. The van der Waals surface area contributed by atoms with E-state index in [0.717, 1.165) is 61.9 Å². The van der Waals surface area contributed by atoms with Crippen LogP contribution in [0.15, 0.2) is 30.6 Å². The molecule has 1 unspecified atom stereocenters. The van der Waals surface area contributed by atoms with Crippen LogP contribution >= 0.6 is 0 Å².